The first-order valence-electron chi connectivity index (χ1n) is 10.1. The molecule has 0 aliphatic rings. The summed E-state index contributed by atoms with van der Waals surface area (Å²) in [5.74, 6) is 0.212. The van der Waals surface area contributed by atoms with Crippen molar-refractivity contribution in [3.63, 3.8) is 0 Å². The highest BCUT2D eigenvalue weighted by atomic mass is 19.4. The number of aliphatic hydroxyl groups excluding tert-OH is 1. The first-order valence-corrected chi connectivity index (χ1v) is 10.1. The summed E-state index contributed by atoms with van der Waals surface area (Å²) in [7, 11) is 0. The molecule has 3 rings (SSSR count). The van der Waals surface area contributed by atoms with Crippen molar-refractivity contribution in [2.75, 3.05) is 36.9 Å². The van der Waals surface area contributed by atoms with Crippen molar-refractivity contribution in [2.24, 2.45) is 0 Å². The lowest BCUT2D eigenvalue weighted by atomic mass is 10.1. The average Bonchev–Trinajstić information content (AvgIpc) is 2.79. The van der Waals surface area contributed by atoms with E-state index in [2.05, 4.69) is 25.9 Å². The lowest BCUT2D eigenvalue weighted by molar-refractivity contribution is -0.0999. The zero-order valence-electron chi connectivity index (χ0n) is 17.5. The Bertz CT molecular complexity index is 1060. The van der Waals surface area contributed by atoms with Crippen molar-refractivity contribution in [3.05, 3.63) is 66.5 Å². The third-order valence-corrected chi connectivity index (χ3v) is 4.41. The second-order valence-electron chi connectivity index (χ2n) is 6.92. The number of aromatic nitrogens is 2. The highest BCUT2D eigenvalue weighted by Crippen LogP contribution is 2.24. The largest absolute Gasteiger partial charge is 0.482 e. The van der Waals surface area contributed by atoms with Crippen LogP contribution in [0.15, 0.2) is 60.9 Å². The molecule has 0 saturated heterocycles. The van der Waals surface area contributed by atoms with E-state index < -0.39 is 6.30 Å². The highest BCUT2D eigenvalue weighted by Gasteiger charge is 2.26. The molecule has 0 bridgehead atoms. The van der Waals surface area contributed by atoms with Crippen molar-refractivity contribution in [3.8, 4) is 11.3 Å². The number of aliphatic hydroxyl groups is 1. The van der Waals surface area contributed by atoms with E-state index in [1.807, 2.05) is 6.07 Å². The van der Waals surface area contributed by atoms with Crippen molar-refractivity contribution in [2.45, 2.75) is 6.30 Å². The number of nitrogens with one attached hydrogen (secondary N) is 4. The molecule has 1 aromatic heterocycles. The topological polar surface area (TPSA) is 111 Å². The van der Waals surface area contributed by atoms with Crippen LogP contribution in [0.25, 0.3) is 11.3 Å². The Morgan fingerprint density at radius 2 is 1.70 bits per heavy atom. The fraction of sp³-hybridized carbons (Fsp3) is 0.227. The van der Waals surface area contributed by atoms with Gasteiger partial charge in [-0.2, -0.15) is 13.2 Å². The molecule has 0 atom stereocenters. The van der Waals surface area contributed by atoms with Gasteiger partial charge < -0.3 is 21.1 Å². The van der Waals surface area contributed by atoms with Gasteiger partial charge in [-0.25, -0.2) is 9.97 Å². The molecule has 5 N–H and O–H groups in total. The predicted octanol–water partition coefficient (Wildman–Crippen LogP) is 3.13. The molecule has 174 valence electrons. The zero-order valence-corrected chi connectivity index (χ0v) is 17.5. The SMILES string of the molecule is O=C(NCCNCCO)c1cccc(-c2cc(Nc3ccc(NC(F)(F)F)cc3)ncn2)c1. The number of halogens is 3. The van der Waals surface area contributed by atoms with E-state index >= 15 is 0 Å². The molecule has 2 aromatic carbocycles. The molecule has 0 unspecified atom stereocenters. The van der Waals surface area contributed by atoms with Gasteiger partial charge in [-0.15, -0.1) is 0 Å². The summed E-state index contributed by atoms with van der Waals surface area (Å²) in [6, 6.07) is 14.2. The number of hydrogen-bond acceptors (Lipinski definition) is 7. The molecule has 0 radical (unpaired) electrons. The van der Waals surface area contributed by atoms with Crippen molar-refractivity contribution < 1.29 is 23.1 Å². The molecule has 8 nitrogen and oxygen atoms in total. The maximum Gasteiger partial charge on any atom is 0.482 e. The average molecular weight is 460 g/mol. The minimum atomic E-state index is -4.50. The third-order valence-electron chi connectivity index (χ3n) is 4.41. The molecule has 0 spiro atoms. The van der Waals surface area contributed by atoms with E-state index in [0.717, 1.165) is 0 Å². The maximum absolute atomic E-state index is 12.4. The standard InChI is InChI=1S/C22H23F3N6O2/c23-22(24,25)31-18-6-4-17(5-7-18)30-20-13-19(28-14-29-20)15-2-1-3-16(12-15)21(33)27-9-8-26-10-11-32/h1-7,12-14,26,31-32H,8-11H2,(H,27,33)(H,28,29,30). The molecule has 0 fully saturated rings. The maximum atomic E-state index is 12.4. The van der Waals surface area contributed by atoms with E-state index in [-0.39, 0.29) is 18.2 Å². The normalized spacial score (nSPS) is 11.2. The summed E-state index contributed by atoms with van der Waals surface area (Å²) in [6.07, 6.45) is -3.14. The number of anilines is 3. The number of rotatable bonds is 10. The van der Waals surface area contributed by atoms with Crippen LogP contribution in [0.2, 0.25) is 0 Å². The van der Waals surface area contributed by atoms with Crippen molar-refractivity contribution >= 4 is 23.1 Å². The van der Waals surface area contributed by atoms with Crippen LogP contribution in [-0.2, 0) is 0 Å². The lowest BCUT2D eigenvalue weighted by Gasteiger charge is -2.11. The molecular formula is C22H23F3N6O2. The van der Waals surface area contributed by atoms with Crippen LogP contribution in [0.3, 0.4) is 0 Å². The summed E-state index contributed by atoms with van der Waals surface area (Å²) in [5.41, 5.74) is 2.22. The van der Waals surface area contributed by atoms with Crippen LogP contribution >= 0.6 is 0 Å². The lowest BCUT2D eigenvalue weighted by Crippen LogP contribution is -2.32. The van der Waals surface area contributed by atoms with Gasteiger partial charge in [-0.1, -0.05) is 12.1 Å². The Labute approximate surface area is 188 Å². The van der Waals surface area contributed by atoms with E-state index in [1.165, 1.54) is 35.9 Å². The van der Waals surface area contributed by atoms with Gasteiger partial charge in [0.15, 0.2) is 0 Å². The van der Waals surface area contributed by atoms with Crippen LogP contribution in [0.4, 0.5) is 30.4 Å². The molecule has 3 aromatic rings. The van der Waals surface area contributed by atoms with Gasteiger partial charge in [0.2, 0.25) is 0 Å². The fourth-order valence-corrected chi connectivity index (χ4v) is 2.92. The molecular weight excluding hydrogens is 437 g/mol. The zero-order chi connectivity index (χ0) is 23.7. The minimum absolute atomic E-state index is 0.0341. The van der Waals surface area contributed by atoms with Gasteiger partial charge in [-0.3, -0.25) is 10.1 Å². The van der Waals surface area contributed by atoms with Crippen LogP contribution in [0, 0.1) is 0 Å². The summed E-state index contributed by atoms with van der Waals surface area (Å²) < 4.78 is 37.2. The Morgan fingerprint density at radius 1 is 0.939 bits per heavy atom. The predicted molar refractivity (Wildman–Crippen MR) is 119 cm³/mol. The second kappa shape index (κ2) is 11.2. The summed E-state index contributed by atoms with van der Waals surface area (Å²) in [5, 5.41) is 19.0. The van der Waals surface area contributed by atoms with Crippen molar-refractivity contribution in [1.82, 2.24) is 20.6 Å². The molecule has 0 aliphatic heterocycles. The monoisotopic (exact) mass is 460 g/mol. The van der Waals surface area contributed by atoms with Crippen LogP contribution in [0.5, 0.6) is 0 Å². The van der Waals surface area contributed by atoms with Crippen LogP contribution in [-0.4, -0.2) is 53.5 Å². The smallest absolute Gasteiger partial charge is 0.395 e. The summed E-state index contributed by atoms with van der Waals surface area (Å²) in [6.45, 7) is 1.46. The number of carbonyl (C=O) groups is 1. The molecule has 1 heterocycles. The van der Waals surface area contributed by atoms with E-state index in [9.17, 15) is 18.0 Å². The van der Waals surface area contributed by atoms with Gasteiger partial charge in [0.25, 0.3) is 5.91 Å². The number of amides is 1. The van der Waals surface area contributed by atoms with E-state index in [0.29, 0.717) is 48.0 Å². The van der Waals surface area contributed by atoms with Gasteiger partial charge in [0.1, 0.15) is 12.1 Å². The Hall–Kier alpha value is -3.70. The van der Waals surface area contributed by atoms with E-state index in [4.69, 9.17) is 5.11 Å². The van der Waals surface area contributed by atoms with Crippen LogP contribution in [0.1, 0.15) is 10.4 Å². The Balaban J connectivity index is 1.66. The minimum Gasteiger partial charge on any atom is -0.395 e. The van der Waals surface area contributed by atoms with Gasteiger partial charge in [-0.05, 0) is 36.4 Å². The van der Waals surface area contributed by atoms with Crippen LogP contribution < -0.4 is 21.3 Å². The van der Waals surface area contributed by atoms with E-state index in [1.54, 1.807) is 24.3 Å². The molecule has 1 amide bonds. The van der Waals surface area contributed by atoms with Crippen molar-refractivity contribution in [1.29, 1.82) is 0 Å². The van der Waals surface area contributed by atoms with Gasteiger partial charge in [0.05, 0.1) is 12.3 Å². The quantitative estimate of drug-likeness (QED) is 0.234. The summed E-state index contributed by atoms with van der Waals surface area (Å²) >= 11 is 0. The second-order valence-corrected chi connectivity index (χ2v) is 6.92. The molecule has 0 aliphatic carbocycles. The number of alkyl halides is 3. The fourth-order valence-electron chi connectivity index (χ4n) is 2.92. The highest BCUT2D eigenvalue weighted by molar-refractivity contribution is 5.95. The number of nitrogens with zero attached hydrogens (tertiary/aromatic N) is 2. The number of benzene rings is 2. The van der Waals surface area contributed by atoms with Gasteiger partial charge in [0, 0.05) is 48.2 Å². The first kappa shape index (κ1) is 24.0. The Morgan fingerprint density at radius 3 is 2.42 bits per heavy atom. The first-order chi connectivity index (χ1) is 15.8. The number of hydrogen-bond donors (Lipinski definition) is 5. The number of carbonyl (C=O) groups excluding carboxylic acids is 1. The summed E-state index contributed by atoms with van der Waals surface area (Å²) in [4.78, 5) is 20.8. The third kappa shape index (κ3) is 7.74. The van der Waals surface area contributed by atoms with Gasteiger partial charge >= 0.3 is 6.30 Å². The Kier molecular flexibility index (Phi) is 8.17. The molecule has 33 heavy (non-hydrogen) atoms. The molecule has 0 saturated carbocycles. The molecule has 11 heteroatoms.